The van der Waals surface area contributed by atoms with Crippen LogP contribution in [0.1, 0.15) is 30.4 Å². The van der Waals surface area contributed by atoms with E-state index in [1.54, 1.807) is 0 Å². The Balaban J connectivity index is 1.69. The molecule has 0 fully saturated rings. The van der Waals surface area contributed by atoms with E-state index in [4.69, 9.17) is 4.74 Å². The number of H-pyrrole nitrogens is 1. The quantitative estimate of drug-likeness (QED) is 0.758. The van der Waals surface area contributed by atoms with E-state index in [1.807, 2.05) is 43.3 Å². The Kier molecular flexibility index (Phi) is 4.47. The Morgan fingerprint density at radius 1 is 1.09 bits per heavy atom. The van der Waals surface area contributed by atoms with E-state index in [2.05, 4.69) is 30.1 Å². The number of pyridine rings is 1. The lowest BCUT2D eigenvalue weighted by Gasteiger charge is -2.13. The van der Waals surface area contributed by atoms with Gasteiger partial charge in [-0.3, -0.25) is 4.79 Å². The highest BCUT2D eigenvalue weighted by Gasteiger charge is 2.08. The molecule has 0 aliphatic rings. The van der Waals surface area contributed by atoms with Crippen molar-refractivity contribution >= 4 is 10.9 Å². The van der Waals surface area contributed by atoms with Crippen LogP contribution >= 0.6 is 0 Å². The second kappa shape index (κ2) is 6.69. The number of ether oxygens (including phenoxy) is 1. The fourth-order valence-electron chi connectivity index (χ4n) is 2.67. The molecule has 0 aliphatic carbocycles. The van der Waals surface area contributed by atoms with Crippen molar-refractivity contribution in [2.24, 2.45) is 0 Å². The summed E-state index contributed by atoms with van der Waals surface area (Å²) in [5, 5.41) is 1.07. The number of rotatable bonds is 5. The van der Waals surface area contributed by atoms with E-state index in [-0.39, 0.29) is 5.56 Å². The number of hydrogen-bond acceptors (Lipinski definition) is 2. The summed E-state index contributed by atoms with van der Waals surface area (Å²) in [4.78, 5) is 14.7. The highest BCUT2D eigenvalue weighted by atomic mass is 16.5. The van der Waals surface area contributed by atoms with Crippen LogP contribution < -0.4 is 10.3 Å². The van der Waals surface area contributed by atoms with Gasteiger partial charge in [0.15, 0.2) is 0 Å². The van der Waals surface area contributed by atoms with Crippen LogP contribution in [0.2, 0.25) is 0 Å². The molecule has 0 spiro atoms. The molecule has 23 heavy (non-hydrogen) atoms. The zero-order chi connectivity index (χ0) is 16.2. The van der Waals surface area contributed by atoms with Crippen molar-refractivity contribution in [3.05, 3.63) is 76.1 Å². The molecule has 0 saturated heterocycles. The van der Waals surface area contributed by atoms with Gasteiger partial charge in [-0.2, -0.15) is 0 Å². The number of fused-ring (bicyclic) bond motifs is 1. The normalized spacial score (nSPS) is 12.3. The summed E-state index contributed by atoms with van der Waals surface area (Å²) in [5.41, 5.74) is 2.84. The van der Waals surface area contributed by atoms with E-state index < -0.39 is 0 Å². The number of aromatic amines is 1. The molecule has 118 valence electrons. The van der Waals surface area contributed by atoms with E-state index in [1.165, 1.54) is 5.56 Å². The SMILES string of the molecule is Cc1cc2ccc([C@H](C)CCOc3ccccc3)cc2[nH]c1=O. The molecule has 1 heterocycles. The van der Waals surface area contributed by atoms with Crippen molar-refractivity contribution in [1.82, 2.24) is 4.98 Å². The molecule has 0 bridgehead atoms. The lowest BCUT2D eigenvalue weighted by Crippen LogP contribution is -2.09. The van der Waals surface area contributed by atoms with Crippen LogP contribution in [-0.2, 0) is 0 Å². The van der Waals surface area contributed by atoms with E-state index >= 15 is 0 Å². The molecule has 0 aliphatic heterocycles. The second-order valence-electron chi connectivity index (χ2n) is 5.98. The molecule has 1 aromatic heterocycles. The van der Waals surface area contributed by atoms with Crippen molar-refractivity contribution in [1.29, 1.82) is 0 Å². The molecule has 0 amide bonds. The van der Waals surface area contributed by atoms with Crippen LogP contribution in [0, 0.1) is 6.92 Å². The molecule has 3 nitrogen and oxygen atoms in total. The van der Waals surface area contributed by atoms with Crippen LogP contribution in [-0.4, -0.2) is 11.6 Å². The van der Waals surface area contributed by atoms with Gasteiger partial charge in [-0.05, 0) is 54.5 Å². The van der Waals surface area contributed by atoms with Gasteiger partial charge in [0.05, 0.1) is 6.61 Å². The van der Waals surface area contributed by atoms with Crippen molar-refractivity contribution in [3.8, 4) is 5.75 Å². The van der Waals surface area contributed by atoms with Crippen molar-refractivity contribution in [3.63, 3.8) is 0 Å². The Hall–Kier alpha value is -2.55. The molecular formula is C20H21NO2. The van der Waals surface area contributed by atoms with Crippen molar-refractivity contribution in [2.45, 2.75) is 26.2 Å². The summed E-state index contributed by atoms with van der Waals surface area (Å²) < 4.78 is 5.76. The average molecular weight is 307 g/mol. The van der Waals surface area contributed by atoms with Crippen molar-refractivity contribution in [2.75, 3.05) is 6.61 Å². The first-order valence-electron chi connectivity index (χ1n) is 7.95. The number of aromatic nitrogens is 1. The molecule has 0 unspecified atom stereocenters. The monoisotopic (exact) mass is 307 g/mol. The third-order valence-electron chi connectivity index (χ3n) is 4.19. The average Bonchev–Trinajstić information content (AvgIpc) is 2.56. The zero-order valence-electron chi connectivity index (χ0n) is 13.5. The highest BCUT2D eigenvalue weighted by Crippen LogP contribution is 2.23. The third-order valence-corrected chi connectivity index (χ3v) is 4.19. The maximum Gasteiger partial charge on any atom is 0.251 e. The molecule has 0 saturated carbocycles. The van der Waals surface area contributed by atoms with Crippen LogP contribution in [0.25, 0.3) is 10.9 Å². The standard InChI is InChI=1S/C20H21NO2/c1-14(10-11-23-18-6-4-3-5-7-18)16-8-9-17-12-15(2)20(22)21-19(17)13-16/h3-9,12-14H,10-11H2,1-2H3,(H,21,22)/t14-/m1/s1. The topological polar surface area (TPSA) is 42.1 Å². The van der Waals surface area contributed by atoms with Crippen LogP contribution in [0.5, 0.6) is 5.75 Å². The zero-order valence-corrected chi connectivity index (χ0v) is 13.5. The minimum Gasteiger partial charge on any atom is -0.494 e. The smallest absolute Gasteiger partial charge is 0.251 e. The Morgan fingerprint density at radius 2 is 1.87 bits per heavy atom. The van der Waals surface area contributed by atoms with Gasteiger partial charge in [-0.15, -0.1) is 0 Å². The first kappa shape index (κ1) is 15.3. The lowest BCUT2D eigenvalue weighted by molar-refractivity contribution is 0.301. The van der Waals surface area contributed by atoms with Crippen LogP contribution in [0.4, 0.5) is 0 Å². The first-order chi connectivity index (χ1) is 11.1. The molecular weight excluding hydrogens is 286 g/mol. The molecule has 3 heteroatoms. The fraction of sp³-hybridized carbons (Fsp3) is 0.250. The molecule has 2 aromatic carbocycles. The number of hydrogen-bond donors (Lipinski definition) is 1. The summed E-state index contributed by atoms with van der Waals surface area (Å²) in [6, 6.07) is 18.1. The maximum absolute atomic E-state index is 11.8. The lowest BCUT2D eigenvalue weighted by atomic mass is 9.96. The Morgan fingerprint density at radius 3 is 2.65 bits per heavy atom. The molecule has 1 N–H and O–H groups in total. The minimum atomic E-state index is -0.0188. The van der Waals surface area contributed by atoms with Gasteiger partial charge >= 0.3 is 0 Å². The largest absolute Gasteiger partial charge is 0.494 e. The third kappa shape index (κ3) is 3.62. The molecule has 3 rings (SSSR count). The van der Waals surface area contributed by atoms with Gasteiger partial charge in [-0.25, -0.2) is 0 Å². The summed E-state index contributed by atoms with van der Waals surface area (Å²) in [6.07, 6.45) is 0.927. The predicted molar refractivity (Wildman–Crippen MR) is 94.3 cm³/mol. The van der Waals surface area contributed by atoms with Crippen LogP contribution in [0.15, 0.2) is 59.4 Å². The predicted octanol–water partition coefficient (Wildman–Crippen LogP) is 4.41. The summed E-state index contributed by atoms with van der Waals surface area (Å²) in [6.45, 7) is 4.69. The van der Waals surface area contributed by atoms with Crippen molar-refractivity contribution < 1.29 is 4.74 Å². The number of aryl methyl sites for hydroxylation is 1. The van der Waals surface area contributed by atoms with Gasteiger partial charge in [0, 0.05) is 11.1 Å². The van der Waals surface area contributed by atoms with Gasteiger partial charge in [0.2, 0.25) is 0 Å². The minimum absolute atomic E-state index is 0.0188. The number of nitrogens with one attached hydrogen (secondary N) is 1. The second-order valence-corrected chi connectivity index (χ2v) is 5.98. The summed E-state index contributed by atoms with van der Waals surface area (Å²) >= 11 is 0. The molecule has 3 aromatic rings. The van der Waals surface area contributed by atoms with Gasteiger partial charge in [0.1, 0.15) is 5.75 Å². The summed E-state index contributed by atoms with van der Waals surface area (Å²) in [5.74, 6) is 1.27. The fourth-order valence-corrected chi connectivity index (χ4v) is 2.67. The van der Waals surface area contributed by atoms with E-state index in [0.717, 1.165) is 28.6 Å². The number of para-hydroxylation sites is 1. The maximum atomic E-state index is 11.8. The van der Waals surface area contributed by atoms with Gasteiger partial charge in [0.25, 0.3) is 5.56 Å². The summed E-state index contributed by atoms with van der Waals surface area (Å²) in [7, 11) is 0. The van der Waals surface area contributed by atoms with E-state index in [0.29, 0.717) is 12.5 Å². The first-order valence-corrected chi connectivity index (χ1v) is 7.95. The van der Waals surface area contributed by atoms with Gasteiger partial charge < -0.3 is 9.72 Å². The Labute approximate surface area is 135 Å². The highest BCUT2D eigenvalue weighted by molar-refractivity contribution is 5.79. The Bertz CT molecular complexity index is 852. The van der Waals surface area contributed by atoms with Crippen LogP contribution in [0.3, 0.4) is 0 Å². The molecule has 1 atom stereocenters. The van der Waals surface area contributed by atoms with E-state index in [9.17, 15) is 4.79 Å². The number of benzene rings is 2. The molecule has 0 radical (unpaired) electrons. The van der Waals surface area contributed by atoms with Gasteiger partial charge in [-0.1, -0.05) is 37.3 Å².